The fraction of sp³-hybridized carbons (Fsp3) is 0.750. The van der Waals surface area contributed by atoms with Crippen molar-refractivity contribution in [1.29, 1.82) is 0 Å². The van der Waals surface area contributed by atoms with Crippen LogP contribution in [-0.2, 0) is 14.8 Å². The molecule has 3 aliphatic rings. The molecule has 5 atom stereocenters. The lowest BCUT2D eigenvalue weighted by Crippen LogP contribution is -2.39. The van der Waals surface area contributed by atoms with Gasteiger partial charge in [-0.3, -0.25) is 4.79 Å². The Bertz CT molecular complexity index is 515. The van der Waals surface area contributed by atoms with Crippen molar-refractivity contribution in [2.45, 2.75) is 36.9 Å². The number of nitrogens with zero attached hydrogens (tertiary/aromatic N) is 1. The number of sulfonamides is 1. The number of rotatable bonds is 3. The van der Waals surface area contributed by atoms with E-state index in [1.165, 1.54) is 0 Å². The second kappa shape index (κ2) is 3.97. The number of fused-ring (bicyclic) bond motifs is 5. The molecular formula is C12H16ClNO3S. The molecule has 0 radical (unpaired) electrons. The van der Waals surface area contributed by atoms with E-state index < -0.39 is 20.8 Å². The Hall–Kier alpha value is -0.550. The van der Waals surface area contributed by atoms with Gasteiger partial charge in [0.25, 0.3) is 0 Å². The highest BCUT2D eigenvalue weighted by molar-refractivity contribution is 7.90. The van der Waals surface area contributed by atoms with Crippen LogP contribution >= 0.6 is 11.6 Å². The number of amides is 1. The highest BCUT2D eigenvalue weighted by Crippen LogP contribution is 2.53. The lowest BCUT2D eigenvalue weighted by molar-refractivity contribution is -0.130. The quantitative estimate of drug-likeness (QED) is 0.451. The minimum atomic E-state index is -3.57. The molecule has 1 aliphatic heterocycles. The second-order valence-corrected chi connectivity index (χ2v) is 7.81. The third-order valence-corrected chi connectivity index (χ3v) is 7.13. The molecule has 3 rings (SSSR count). The third kappa shape index (κ3) is 1.43. The standard InChI is InChI=1S/C12H16ClNO3S/c1-2-3-9(13)14-12(15)10-7-4-5-8(6-7)11(10)18(14,16)17/h4-5,7-11H,2-3,6H2,1H3. The molecule has 2 fully saturated rings. The van der Waals surface area contributed by atoms with Crippen molar-refractivity contribution < 1.29 is 13.2 Å². The van der Waals surface area contributed by atoms with Crippen LogP contribution in [0.4, 0.5) is 0 Å². The van der Waals surface area contributed by atoms with E-state index in [0.29, 0.717) is 6.42 Å². The molecule has 5 unspecified atom stereocenters. The molecule has 4 nitrogen and oxygen atoms in total. The predicted molar refractivity (Wildman–Crippen MR) is 68.3 cm³/mol. The predicted octanol–water partition coefficient (Wildman–Crippen LogP) is 1.71. The van der Waals surface area contributed by atoms with Crippen LogP contribution in [0.3, 0.4) is 0 Å². The summed E-state index contributed by atoms with van der Waals surface area (Å²) in [5.74, 6) is -0.574. The molecule has 6 heteroatoms. The molecule has 1 saturated carbocycles. The lowest BCUT2D eigenvalue weighted by Gasteiger charge is -2.23. The van der Waals surface area contributed by atoms with Gasteiger partial charge in [0.1, 0.15) is 5.50 Å². The van der Waals surface area contributed by atoms with Gasteiger partial charge in [0.15, 0.2) is 0 Å². The minimum absolute atomic E-state index is 0.00411. The molecule has 0 aromatic carbocycles. The smallest absolute Gasteiger partial charge is 0.242 e. The number of alkyl halides is 1. The van der Waals surface area contributed by atoms with E-state index in [4.69, 9.17) is 11.6 Å². The molecular weight excluding hydrogens is 274 g/mol. The van der Waals surface area contributed by atoms with Gasteiger partial charge in [-0.2, -0.15) is 0 Å². The Kier molecular flexibility index (Phi) is 2.75. The molecule has 2 aliphatic carbocycles. The van der Waals surface area contributed by atoms with E-state index in [1.807, 2.05) is 19.1 Å². The van der Waals surface area contributed by atoms with Gasteiger partial charge >= 0.3 is 0 Å². The molecule has 100 valence electrons. The minimum Gasteiger partial charge on any atom is -0.273 e. The summed E-state index contributed by atoms with van der Waals surface area (Å²) in [6.45, 7) is 1.93. The molecule has 0 aromatic rings. The number of hydrogen-bond acceptors (Lipinski definition) is 3. The first-order valence-corrected chi connectivity index (χ1v) is 8.32. The highest BCUT2D eigenvalue weighted by atomic mass is 35.5. The maximum atomic E-state index is 12.5. The Labute approximate surface area is 112 Å². The van der Waals surface area contributed by atoms with Gasteiger partial charge in [-0.1, -0.05) is 37.1 Å². The van der Waals surface area contributed by atoms with Gasteiger partial charge in [0, 0.05) is 0 Å². The average molecular weight is 290 g/mol. The maximum Gasteiger partial charge on any atom is 0.242 e. The van der Waals surface area contributed by atoms with E-state index in [-0.39, 0.29) is 23.7 Å². The topological polar surface area (TPSA) is 54.5 Å². The number of halogens is 1. The van der Waals surface area contributed by atoms with Crippen molar-refractivity contribution in [2.24, 2.45) is 17.8 Å². The molecule has 1 heterocycles. The van der Waals surface area contributed by atoms with Crippen molar-refractivity contribution in [2.75, 3.05) is 0 Å². The summed E-state index contributed by atoms with van der Waals surface area (Å²) in [6.07, 6.45) is 6.01. The Morgan fingerprint density at radius 1 is 1.44 bits per heavy atom. The average Bonchev–Trinajstić information content (AvgIpc) is 2.92. The molecule has 1 amide bonds. The third-order valence-electron chi connectivity index (χ3n) is 4.29. The van der Waals surface area contributed by atoms with Gasteiger partial charge in [0.2, 0.25) is 15.9 Å². The normalized spacial score (nSPS) is 41.4. The highest BCUT2D eigenvalue weighted by Gasteiger charge is 2.63. The van der Waals surface area contributed by atoms with Gasteiger partial charge < -0.3 is 0 Å². The summed E-state index contributed by atoms with van der Waals surface area (Å²) in [4.78, 5) is 12.3. The van der Waals surface area contributed by atoms with Crippen LogP contribution < -0.4 is 0 Å². The van der Waals surface area contributed by atoms with Crippen LogP contribution in [0, 0.1) is 17.8 Å². The summed E-state index contributed by atoms with van der Waals surface area (Å²) in [5.41, 5.74) is -0.725. The first kappa shape index (κ1) is 12.5. The SMILES string of the molecule is CCCC(Cl)N1C(=O)C2C3C=CC(C3)C2S1(=O)=O. The maximum absolute atomic E-state index is 12.5. The van der Waals surface area contributed by atoms with Gasteiger partial charge in [0.05, 0.1) is 11.2 Å². The Morgan fingerprint density at radius 2 is 2.11 bits per heavy atom. The summed E-state index contributed by atoms with van der Waals surface area (Å²) in [6, 6.07) is 0. The zero-order chi connectivity index (χ0) is 13.1. The van der Waals surface area contributed by atoms with E-state index >= 15 is 0 Å². The van der Waals surface area contributed by atoms with Crippen LogP contribution in [-0.4, -0.2) is 29.4 Å². The van der Waals surface area contributed by atoms with E-state index in [0.717, 1.165) is 17.1 Å². The molecule has 18 heavy (non-hydrogen) atoms. The first-order valence-electron chi connectivity index (χ1n) is 6.38. The monoisotopic (exact) mass is 289 g/mol. The molecule has 0 aromatic heterocycles. The number of allylic oxidation sites excluding steroid dienone is 2. The summed E-state index contributed by atoms with van der Waals surface area (Å²) in [7, 11) is -3.57. The number of carbonyl (C=O) groups is 1. The van der Waals surface area contributed by atoms with Crippen LogP contribution in [0.5, 0.6) is 0 Å². The van der Waals surface area contributed by atoms with Crippen LogP contribution in [0.25, 0.3) is 0 Å². The zero-order valence-electron chi connectivity index (χ0n) is 10.1. The van der Waals surface area contributed by atoms with Crippen LogP contribution in [0.1, 0.15) is 26.2 Å². The fourth-order valence-electron chi connectivity index (χ4n) is 3.56. The second-order valence-electron chi connectivity index (χ2n) is 5.34. The number of carbonyl (C=O) groups excluding carboxylic acids is 1. The van der Waals surface area contributed by atoms with E-state index in [9.17, 15) is 13.2 Å². The first-order chi connectivity index (χ1) is 8.48. The van der Waals surface area contributed by atoms with Gasteiger partial charge in [-0.25, -0.2) is 12.7 Å². The Balaban J connectivity index is 1.99. The molecule has 0 N–H and O–H groups in total. The van der Waals surface area contributed by atoms with Crippen molar-refractivity contribution in [3.05, 3.63) is 12.2 Å². The van der Waals surface area contributed by atoms with E-state index in [1.54, 1.807) is 0 Å². The zero-order valence-corrected chi connectivity index (χ0v) is 11.7. The summed E-state index contributed by atoms with van der Waals surface area (Å²) >= 11 is 6.10. The van der Waals surface area contributed by atoms with Crippen molar-refractivity contribution in [3.63, 3.8) is 0 Å². The van der Waals surface area contributed by atoms with Crippen molar-refractivity contribution >= 4 is 27.5 Å². The molecule has 2 bridgehead atoms. The molecule has 1 saturated heterocycles. The fourth-order valence-corrected chi connectivity index (χ4v) is 6.60. The molecule has 0 spiro atoms. The van der Waals surface area contributed by atoms with Crippen molar-refractivity contribution in [1.82, 2.24) is 4.31 Å². The Morgan fingerprint density at radius 3 is 2.72 bits per heavy atom. The summed E-state index contributed by atoms with van der Waals surface area (Å²) < 4.78 is 25.9. The van der Waals surface area contributed by atoms with Crippen LogP contribution in [0.15, 0.2) is 12.2 Å². The number of hydrogen-bond donors (Lipinski definition) is 0. The van der Waals surface area contributed by atoms with E-state index in [2.05, 4.69) is 0 Å². The van der Waals surface area contributed by atoms with Gasteiger partial charge in [-0.15, -0.1) is 0 Å². The lowest BCUT2D eigenvalue weighted by atomic mass is 9.92. The van der Waals surface area contributed by atoms with Crippen LogP contribution in [0.2, 0.25) is 0 Å². The van der Waals surface area contributed by atoms with Gasteiger partial charge in [-0.05, 0) is 24.7 Å². The summed E-state index contributed by atoms with van der Waals surface area (Å²) in [5, 5.41) is -0.557. The largest absolute Gasteiger partial charge is 0.273 e. The van der Waals surface area contributed by atoms with Crippen molar-refractivity contribution in [3.8, 4) is 0 Å².